The second-order valence-electron chi connectivity index (χ2n) is 13.7. The molecule has 1 aliphatic carbocycles. The highest BCUT2D eigenvalue weighted by Gasteiger charge is 2.30. The van der Waals surface area contributed by atoms with Crippen molar-refractivity contribution in [2.75, 3.05) is 0 Å². The molecule has 2 heterocycles. The molecule has 1 aliphatic rings. The van der Waals surface area contributed by atoms with Crippen LogP contribution in [0.5, 0.6) is 0 Å². The Kier molecular flexibility index (Phi) is 6.05. The van der Waals surface area contributed by atoms with Gasteiger partial charge in [0, 0.05) is 33.2 Å². The number of para-hydroxylation sites is 3. The van der Waals surface area contributed by atoms with Gasteiger partial charge >= 0.3 is 0 Å². The first-order chi connectivity index (χ1) is 25.3. The lowest BCUT2D eigenvalue weighted by Crippen LogP contribution is -1.99. The Bertz CT molecular complexity index is 2980. The fourth-order valence-electron chi connectivity index (χ4n) is 8.55. The lowest BCUT2D eigenvalue weighted by molar-refractivity contribution is 0.669. The minimum Gasteiger partial charge on any atom is -0.456 e. The standard InChI is InChI=1S/C49H31NO/c1-2-13-36(14-3-1)50-45-19-8-6-16-38(45)39-24-21-33(29-46(39)50)32-23-26-43-44(28-32)37-15-4-5-18-42(37)49(43)35-12-10-11-31(27-35)34-22-25-41-40-17-7-9-20-47(40)51-48(41)30-34/h1-30,49H. The van der Waals surface area contributed by atoms with E-state index in [0.717, 1.165) is 27.5 Å². The second-order valence-corrected chi connectivity index (χ2v) is 13.7. The predicted molar refractivity (Wildman–Crippen MR) is 212 cm³/mol. The summed E-state index contributed by atoms with van der Waals surface area (Å²) in [5, 5.41) is 4.85. The number of hydrogen-bond donors (Lipinski definition) is 0. The number of furan rings is 1. The first kappa shape index (κ1) is 28.2. The molecule has 1 unspecified atom stereocenters. The quantitative estimate of drug-likeness (QED) is 0.186. The summed E-state index contributed by atoms with van der Waals surface area (Å²) in [6, 6.07) is 66.3. The van der Waals surface area contributed by atoms with Gasteiger partial charge in [0.25, 0.3) is 0 Å². The van der Waals surface area contributed by atoms with Crippen LogP contribution in [0.3, 0.4) is 0 Å². The smallest absolute Gasteiger partial charge is 0.136 e. The minimum atomic E-state index is 0.156. The predicted octanol–water partition coefficient (Wildman–Crippen LogP) is 13.2. The van der Waals surface area contributed by atoms with Gasteiger partial charge in [0.05, 0.1) is 11.0 Å². The first-order valence-corrected chi connectivity index (χ1v) is 17.6. The van der Waals surface area contributed by atoms with Crippen molar-refractivity contribution in [3.8, 4) is 39.1 Å². The largest absolute Gasteiger partial charge is 0.456 e. The molecule has 0 saturated heterocycles. The molecule has 0 spiro atoms. The van der Waals surface area contributed by atoms with Crippen molar-refractivity contribution >= 4 is 43.7 Å². The molecule has 0 amide bonds. The molecule has 0 radical (unpaired) electrons. The van der Waals surface area contributed by atoms with Crippen LogP contribution in [0.15, 0.2) is 186 Å². The fourth-order valence-corrected chi connectivity index (χ4v) is 8.55. The van der Waals surface area contributed by atoms with Gasteiger partial charge < -0.3 is 8.98 Å². The van der Waals surface area contributed by atoms with Crippen molar-refractivity contribution in [3.05, 3.63) is 199 Å². The van der Waals surface area contributed by atoms with Crippen LogP contribution in [-0.4, -0.2) is 4.57 Å². The SMILES string of the molecule is c1ccc(-n2c3ccccc3c3ccc(-c4ccc5c(c4)-c4ccccc4C5c4cccc(-c5ccc6c(c5)oc5ccccc56)c4)cc32)cc1. The van der Waals surface area contributed by atoms with E-state index in [4.69, 9.17) is 4.42 Å². The van der Waals surface area contributed by atoms with Gasteiger partial charge in [-0.1, -0.05) is 133 Å². The van der Waals surface area contributed by atoms with Crippen LogP contribution in [0.25, 0.3) is 82.8 Å². The Morgan fingerprint density at radius 1 is 0.373 bits per heavy atom. The van der Waals surface area contributed by atoms with Crippen LogP contribution >= 0.6 is 0 Å². The first-order valence-electron chi connectivity index (χ1n) is 17.6. The number of benzene rings is 8. The summed E-state index contributed by atoms with van der Waals surface area (Å²) in [4.78, 5) is 0. The van der Waals surface area contributed by atoms with E-state index in [2.05, 4.69) is 174 Å². The summed E-state index contributed by atoms with van der Waals surface area (Å²) in [6.45, 7) is 0. The zero-order valence-electron chi connectivity index (χ0n) is 27.8. The second kappa shape index (κ2) is 10.9. The Hall–Kier alpha value is -6.64. The van der Waals surface area contributed by atoms with Gasteiger partial charge in [-0.2, -0.15) is 0 Å². The molecule has 0 N–H and O–H groups in total. The van der Waals surface area contributed by atoms with Gasteiger partial charge in [0.1, 0.15) is 11.2 Å². The maximum absolute atomic E-state index is 6.25. The lowest BCUT2D eigenvalue weighted by Gasteiger charge is -2.16. The van der Waals surface area contributed by atoms with Crippen LogP contribution < -0.4 is 0 Å². The molecule has 0 bridgehead atoms. The third kappa shape index (κ3) is 4.30. The summed E-state index contributed by atoms with van der Waals surface area (Å²) >= 11 is 0. The number of fused-ring (bicyclic) bond motifs is 9. The number of rotatable bonds is 4. The fraction of sp³-hybridized carbons (Fsp3) is 0.0204. The van der Waals surface area contributed by atoms with E-state index >= 15 is 0 Å². The number of hydrogen-bond acceptors (Lipinski definition) is 1. The maximum Gasteiger partial charge on any atom is 0.136 e. The highest BCUT2D eigenvalue weighted by molar-refractivity contribution is 6.10. The van der Waals surface area contributed by atoms with E-state index in [0.29, 0.717) is 0 Å². The summed E-state index contributed by atoms with van der Waals surface area (Å²) < 4.78 is 8.65. The average molecular weight is 650 g/mol. The topological polar surface area (TPSA) is 18.1 Å². The molecule has 2 nitrogen and oxygen atoms in total. The molecule has 0 aliphatic heterocycles. The molecular weight excluding hydrogens is 619 g/mol. The van der Waals surface area contributed by atoms with Gasteiger partial charge in [-0.25, -0.2) is 0 Å². The highest BCUT2D eigenvalue weighted by atomic mass is 16.3. The van der Waals surface area contributed by atoms with Gasteiger partial charge in [-0.15, -0.1) is 0 Å². The highest BCUT2D eigenvalue weighted by Crippen LogP contribution is 2.50. The zero-order chi connectivity index (χ0) is 33.5. The Balaban J connectivity index is 1.02. The molecule has 0 saturated carbocycles. The van der Waals surface area contributed by atoms with E-state index in [1.54, 1.807) is 0 Å². The van der Waals surface area contributed by atoms with Crippen LogP contribution in [0.2, 0.25) is 0 Å². The Morgan fingerprint density at radius 3 is 1.94 bits per heavy atom. The molecule has 0 fully saturated rings. The van der Waals surface area contributed by atoms with Crippen LogP contribution in [0.4, 0.5) is 0 Å². The molecular formula is C49H31NO. The maximum atomic E-state index is 6.25. The van der Waals surface area contributed by atoms with Crippen LogP contribution in [0, 0.1) is 0 Å². The van der Waals surface area contributed by atoms with Gasteiger partial charge in [-0.05, 0) is 98.6 Å². The molecule has 8 aromatic carbocycles. The Morgan fingerprint density at radius 2 is 1.02 bits per heavy atom. The minimum absolute atomic E-state index is 0.156. The molecule has 2 aromatic heterocycles. The third-order valence-electron chi connectivity index (χ3n) is 10.9. The zero-order valence-corrected chi connectivity index (χ0v) is 27.8. The molecule has 51 heavy (non-hydrogen) atoms. The number of nitrogens with zero attached hydrogens (tertiary/aromatic N) is 1. The molecule has 1 atom stereocenters. The van der Waals surface area contributed by atoms with Gasteiger partial charge in [0.15, 0.2) is 0 Å². The van der Waals surface area contributed by atoms with E-state index in [1.807, 2.05) is 12.1 Å². The van der Waals surface area contributed by atoms with E-state index in [1.165, 1.54) is 72.0 Å². The van der Waals surface area contributed by atoms with Gasteiger partial charge in [0.2, 0.25) is 0 Å². The van der Waals surface area contributed by atoms with Crippen molar-refractivity contribution in [2.24, 2.45) is 0 Å². The van der Waals surface area contributed by atoms with Crippen molar-refractivity contribution in [1.29, 1.82) is 0 Å². The van der Waals surface area contributed by atoms with Crippen molar-refractivity contribution in [3.63, 3.8) is 0 Å². The average Bonchev–Trinajstić information content (AvgIpc) is 3.85. The van der Waals surface area contributed by atoms with Gasteiger partial charge in [-0.3, -0.25) is 0 Å². The lowest BCUT2D eigenvalue weighted by atomic mass is 9.87. The van der Waals surface area contributed by atoms with Crippen molar-refractivity contribution in [1.82, 2.24) is 4.57 Å². The van der Waals surface area contributed by atoms with Crippen LogP contribution in [-0.2, 0) is 0 Å². The summed E-state index contributed by atoms with van der Waals surface area (Å²) in [5.74, 6) is 0.156. The van der Waals surface area contributed by atoms with Crippen molar-refractivity contribution < 1.29 is 4.42 Å². The van der Waals surface area contributed by atoms with Crippen LogP contribution in [0.1, 0.15) is 22.6 Å². The van der Waals surface area contributed by atoms with E-state index in [-0.39, 0.29) is 5.92 Å². The summed E-state index contributed by atoms with van der Waals surface area (Å²) in [6.07, 6.45) is 0. The van der Waals surface area contributed by atoms with E-state index < -0.39 is 0 Å². The molecule has 10 aromatic rings. The van der Waals surface area contributed by atoms with Crippen molar-refractivity contribution in [2.45, 2.75) is 5.92 Å². The van der Waals surface area contributed by atoms with E-state index in [9.17, 15) is 0 Å². The summed E-state index contributed by atoms with van der Waals surface area (Å²) in [7, 11) is 0. The Labute approximate surface area is 295 Å². The third-order valence-corrected chi connectivity index (χ3v) is 10.9. The normalized spacial score (nSPS) is 13.7. The molecule has 11 rings (SSSR count). The summed E-state index contributed by atoms with van der Waals surface area (Å²) in [5.41, 5.74) is 16.9. The monoisotopic (exact) mass is 649 g/mol. The number of aromatic nitrogens is 1. The molecule has 238 valence electrons. The molecule has 2 heteroatoms.